The Kier molecular flexibility index (Phi) is 10.4. The number of hydrogen-bond donors (Lipinski definition) is 2. The van der Waals surface area contributed by atoms with Gasteiger partial charge in [-0.05, 0) is 30.5 Å². The van der Waals surface area contributed by atoms with Crippen molar-refractivity contribution in [1.82, 2.24) is 19.3 Å². The van der Waals surface area contributed by atoms with Crippen molar-refractivity contribution in [2.24, 2.45) is 0 Å². The third-order valence-electron chi connectivity index (χ3n) is 4.85. The predicted molar refractivity (Wildman–Crippen MR) is 119 cm³/mol. The topological polar surface area (TPSA) is 171 Å². The number of carboxylic acid groups (broad SMARTS) is 2. The van der Waals surface area contributed by atoms with Crippen molar-refractivity contribution in [2.45, 2.75) is 32.2 Å². The molecule has 0 aliphatic carbocycles. The Morgan fingerprint density at radius 1 is 1.12 bits per heavy atom. The predicted octanol–water partition coefficient (Wildman–Crippen LogP) is 1.27. The number of aliphatic carboxylic acids is 2. The minimum absolute atomic E-state index is 0.0854. The molecule has 1 aliphatic heterocycles. The van der Waals surface area contributed by atoms with Gasteiger partial charge < -0.3 is 19.6 Å². The van der Waals surface area contributed by atoms with Crippen LogP contribution in [0.2, 0.25) is 5.15 Å². The van der Waals surface area contributed by atoms with E-state index in [1.54, 1.807) is 23.4 Å². The number of amides is 1. The van der Waals surface area contributed by atoms with Crippen molar-refractivity contribution >= 4 is 39.5 Å². The second kappa shape index (κ2) is 13.0. The van der Waals surface area contributed by atoms with Crippen molar-refractivity contribution in [2.75, 3.05) is 25.4 Å². The standard InChI is InChI=1S/C18H23ClN4O4S.C2H2O4/c19-17-13-16(27-21-17)3-4-18(24)22(14-15-5-7-20-8-6-15)11-12-28(25,26)23-9-1-2-10-23;3-1(4)2(5)6/h5-8,13H,1-4,9-12,14H2;(H,3,4)(H,5,6). The maximum absolute atomic E-state index is 12.8. The maximum atomic E-state index is 12.8. The Labute approximate surface area is 201 Å². The minimum Gasteiger partial charge on any atom is -0.473 e. The molecule has 0 atom stereocenters. The maximum Gasteiger partial charge on any atom is 0.414 e. The van der Waals surface area contributed by atoms with Gasteiger partial charge in [-0.3, -0.25) is 9.78 Å². The zero-order valence-electron chi connectivity index (χ0n) is 18.2. The van der Waals surface area contributed by atoms with Gasteiger partial charge in [0.2, 0.25) is 15.9 Å². The van der Waals surface area contributed by atoms with Crippen LogP contribution >= 0.6 is 11.6 Å². The first-order valence-corrected chi connectivity index (χ1v) is 12.3. The third kappa shape index (κ3) is 9.08. The molecule has 0 bridgehead atoms. The number of pyridine rings is 1. The second-order valence-corrected chi connectivity index (χ2v) is 9.79. The molecule has 1 amide bonds. The lowest BCUT2D eigenvalue weighted by Crippen LogP contribution is -2.39. The molecule has 34 heavy (non-hydrogen) atoms. The van der Waals surface area contributed by atoms with Crippen molar-refractivity contribution in [3.63, 3.8) is 0 Å². The largest absolute Gasteiger partial charge is 0.473 e. The molecular weight excluding hydrogens is 492 g/mol. The number of rotatable bonds is 9. The number of carboxylic acids is 2. The summed E-state index contributed by atoms with van der Waals surface area (Å²) in [6.45, 7) is 1.59. The van der Waals surface area contributed by atoms with Gasteiger partial charge in [0, 0.05) is 57.5 Å². The molecule has 1 aliphatic rings. The molecule has 186 valence electrons. The normalized spacial score (nSPS) is 13.7. The van der Waals surface area contributed by atoms with Gasteiger partial charge >= 0.3 is 11.9 Å². The number of carbonyl (C=O) groups is 3. The molecule has 14 heteroatoms. The number of hydrogen-bond acceptors (Lipinski definition) is 8. The average molecular weight is 517 g/mol. The fourth-order valence-electron chi connectivity index (χ4n) is 3.12. The molecule has 0 spiro atoms. The Bertz CT molecular complexity index is 1060. The number of nitrogens with zero attached hydrogens (tertiary/aromatic N) is 4. The molecule has 2 aromatic rings. The smallest absolute Gasteiger partial charge is 0.414 e. The average Bonchev–Trinajstić information content (AvgIpc) is 3.48. The summed E-state index contributed by atoms with van der Waals surface area (Å²) in [5.41, 5.74) is 0.893. The second-order valence-electron chi connectivity index (χ2n) is 7.32. The van der Waals surface area contributed by atoms with Gasteiger partial charge in [-0.1, -0.05) is 16.8 Å². The van der Waals surface area contributed by atoms with Gasteiger partial charge in [0.1, 0.15) is 5.76 Å². The summed E-state index contributed by atoms with van der Waals surface area (Å²) < 4.78 is 31.6. The van der Waals surface area contributed by atoms with Gasteiger partial charge in [-0.15, -0.1) is 0 Å². The first-order valence-electron chi connectivity index (χ1n) is 10.3. The molecule has 2 N–H and O–H groups in total. The van der Waals surface area contributed by atoms with Crippen molar-refractivity contribution in [3.05, 3.63) is 47.1 Å². The monoisotopic (exact) mass is 516 g/mol. The van der Waals surface area contributed by atoms with Crippen LogP contribution in [0.4, 0.5) is 0 Å². The van der Waals surface area contributed by atoms with E-state index in [1.165, 1.54) is 4.31 Å². The highest BCUT2D eigenvalue weighted by molar-refractivity contribution is 7.89. The molecule has 3 heterocycles. The van der Waals surface area contributed by atoms with E-state index in [2.05, 4.69) is 10.1 Å². The Morgan fingerprint density at radius 3 is 2.26 bits per heavy atom. The van der Waals surface area contributed by atoms with Gasteiger partial charge in [-0.25, -0.2) is 22.3 Å². The summed E-state index contributed by atoms with van der Waals surface area (Å²) in [4.78, 5) is 36.5. The van der Waals surface area contributed by atoms with Crippen LogP contribution < -0.4 is 0 Å². The Hall–Kier alpha value is -3.03. The molecule has 1 saturated heterocycles. The number of aromatic nitrogens is 2. The lowest BCUT2D eigenvalue weighted by molar-refractivity contribution is -0.159. The van der Waals surface area contributed by atoms with E-state index in [0.29, 0.717) is 31.8 Å². The molecule has 0 aromatic carbocycles. The van der Waals surface area contributed by atoms with Gasteiger partial charge in [-0.2, -0.15) is 0 Å². The first-order chi connectivity index (χ1) is 16.1. The summed E-state index contributed by atoms with van der Waals surface area (Å²) in [6.07, 6.45) is 5.60. The van der Waals surface area contributed by atoms with E-state index in [4.69, 9.17) is 35.9 Å². The molecule has 1 fully saturated rings. The van der Waals surface area contributed by atoms with Crippen LogP contribution in [0.15, 0.2) is 35.1 Å². The Morgan fingerprint density at radius 2 is 1.74 bits per heavy atom. The lowest BCUT2D eigenvalue weighted by Gasteiger charge is -2.24. The number of carbonyl (C=O) groups excluding carboxylic acids is 1. The van der Waals surface area contributed by atoms with Gasteiger partial charge in [0.25, 0.3) is 0 Å². The van der Waals surface area contributed by atoms with Crippen LogP contribution in [-0.4, -0.2) is 81.2 Å². The SMILES string of the molecule is O=C(CCc1cc(Cl)no1)N(CCS(=O)(=O)N1CCCC1)Cc1ccncc1.O=C(O)C(=O)O. The zero-order chi connectivity index (χ0) is 25.1. The highest BCUT2D eigenvalue weighted by Crippen LogP contribution is 2.15. The van der Waals surface area contributed by atoms with E-state index < -0.39 is 22.0 Å². The fraction of sp³-hybridized carbons (Fsp3) is 0.450. The van der Waals surface area contributed by atoms with E-state index in [0.717, 1.165) is 18.4 Å². The molecule has 3 rings (SSSR count). The zero-order valence-corrected chi connectivity index (χ0v) is 19.7. The molecule has 2 aromatic heterocycles. The third-order valence-corrected chi connectivity index (χ3v) is 6.88. The molecule has 0 unspecified atom stereocenters. The van der Waals surface area contributed by atoms with Crippen LogP contribution in [-0.2, 0) is 37.4 Å². The van der Waals surface area contributed by atoms with E-state index >= 15 is 0 Å². The minimum atomic E-state index is -3.36. The van der Waals surface area contributed by atoms with Crippen molar-refractivity contribution in [3.8, 4) is 0 Å². The summed E-state index contributed by atoms with van der Waals surface area (Å²) in [5, 5.41) is 18.6. The van der Waals surface area contributed by atoms with Crippen molar-refractivity contribution in [1.29, 1.82) is 0 Å². The summed E-state index contributed by atoms with van der Waals surface area (Å²) in [7, 11) is -3.36. The number of sulfonamides is 1. The first kappa shape index (κ1) is 27.2. The Balaban J connectivity index is 0.000000604. The number of halogens is 1. The molecule has 0 radical (unpaired) electrons. The van der Waals surface area contributed by atoms with Crippen LogP contribution in [0.5, 0.6) is 0 Å². The van der Waals surface area contributed by atoms with Gasteiger partial charge in [0.05, 0.1) is 5.75 Å². The molecular formula is C20H25ClN4O8S. The van der Waals surface area contributed by atoms with Crippen LogP contribution in [0, 0.1) is 0 Å². The highest BCUT2D eigenvalue weighted by atomic mass is 35.5. The van der Waals surface area contributed by atoms with E-state index in [-0.39, 0.29) is 29.8 Å². The number of aryl methyl sites for hydroxylation is 1. The summed E-state index contributed by atoms with van der Waals surface area (Å²) in [6, 6.07) is 5.19. The quantitative estimate of drug-likeness (QED) is 0.462. The lowest BCUT2D eigenvalue weighted by atomic mass is 10.2. The van der Waals surface area contributed by atoms with Crippen molar-refractivity contribution < 1.29 is 37.5 Å². The molecule has 12 nitrogen and oxygen atoms in total. The van der Waals surface area contributed by atoms with Crippen LogP contribution in [0.3, 0.4) is 0 Å². The van der Waals surface area contributed by atoms with Gasteiger partial charge in [0.15, 0.2) is 5.15 Å². The fourth-order valence-corrected chi connectivity index (χ4v) is 4.80. The van der Waals surface area contributed by atoms with Crippen LogP contribution in [0.25, 0.3) is 0 Å². The van der Waals surface area contributed by atoms with Crippen LogP contribution in [0.1, 0.15) is 30.6 Å². The molecule has 0 saturated carbocycles. The summed E-state index contributed by atoms with van der Waals surface area (Å²) >= 11 is 5.73. The summed E-state index contributed by atoms with van der Waals surface area (Å²) in [5.74, 6) is -3.37. The highest BCUT2D eigenvalue weighted by Gasteiger charge is 2.26. The van der Waals surface area contributed by atoms with E-state index in [1.807, 2.05) is 12.1 Å². The van der Waals surface area contributed by atoms with E-state index in [9.17, 15) is 13.2 Å².